The number of hydrogen-bond donors (Lipinski definition) is 0. The van der Waals surface area contributed by atoms with Gasteiger partial charge in [-0.1, -0.05) is 43.3 Å². The Morgan fingerprint density at radius 2 is 1.52 bits per heavy atom. The molecule has 2 nitrogen and oxygen atoms in total. The van der Waals surface area contributed by atoms with Gasteiger partial charge in [-0.15, -0.1) is 0 Å². The van der Waals surface area contributed by atoms with Crippen molar-refractivity contribution < 1.29 is 9.13 Å². The molecule has 2 aromatic rings. The Kier molecular flexibility index (Phi) is 5.42. The Hall–Kier alpha value is -1.71. The lowest BCUT2D eigenvalue weighted by atomic mass is 9.95. The number of ether oxygens (including phenoxy) is 1. The number of nitrogens with zero attached hydrogens (tertiary/aromatic N) is 1. The van der Waals surface area contributed by atoms with E-state index in [-0.39, 0.29) is 5.82 Å². The van der Waals surface area contributed by atoms with Crippen LogP contribution in [0.25, 0.3) is 11.1 Å². The first-order valence-corrected chi connectivity index (χ1v) is 8.38. The first-order chi connectivity index (χ1) is 11.2. The van der Waals surface area contributed by atoms with E-state index in [0.29, 0.717) is 5.92 Å². The van der Waals surface area contributed by atoms with E-state index in [2.05, 4.69) is 36.1 Å². The smallest absolute Gasteiger partial charge is 0.123 e. The monoisotopic (exact) mass is 313 g/mol. The van der Waals surface area contributed by atoms with E-state index >= 15 is 0 Å². The highest BCUT2D eigenvalue weighted by atomic mass is 19.1. The molecule has 23 heavy (non-hydrogen) atoms. The molecule has 1 heterocycles. The number of rotatable bonds is 5. The lowest BCUT2D eigenvalue weighted by molar-refractivity contribution is 0.0367. The van der Waals surface area contributed by atoms with Crippen molar-refractivity contribution in [3.63, 3.8) is 0 Å². The first-order valence-electron chi connectivity index (χ1n) is 8.38. The molecule has 0 spiro atoms. The summed E-state index contributed by atoms with van der Waals surface area (Å²) in [5.41, 5.74) is 3.55. The molecule has 1 atom stereocenters. The van der Waals surface area contributed by atoms with Crippen molar-refractivity contribution in [1.29, 1.82) is 0 Å². The van der Waals surface area contributed by atoms with Gasteiger partial charge in [-0.05, 0) is 47.7 Å². The van der Waals surface area contributed by atoms with Crippen molar-refractivity contribution in [3.8, 4) is 11.1 Å². The molecular weight excluding hydrogens is 289 g/mol. The second-order valence-corrected chi connectivity index (χ2v) is 6.27. The average Bonchev–Trinajstić information content (AvgIpc) is 2.61. The Morgan fingerprint density at radius 3 is 2.13 bits per heavy atom. The fourth-order valence-electron chi connectivity index (χ4n) is 3.01. The summed E-state index contributed by atoms with van der Waals surface area (Å²) in [5, 5.41) is 0. The summed E-state index contributed by atoms with van der Waals surface area (Å²) in [6.07, 6.45) is 1.16. The van der Waals surface area contributed by atoms with Gasteiger partial charge in [-0.3, -0.25) is 4.90 Å². The predicted molar refractivity (Wildman–Crippen MR) is 92.1 cm³/mol. The molecule has 1 aliphatic heterocycles. The second-order valence-electron chi connectivity index (χ2n) is 6.27. The van der Waals surface area contributed by atoms with Crippen molar-refractivity contribution in [1.82, 2.24) is 4.90 Å². The van der Waals surface area contributed by atoms with E-state index in [0.717, 1.165) is 50.4 Å². The molecule has 0 N–H and O–H groups in total. The largest absolute Gasteiger partial charge is 0.379 e. The molecule has 2 aromatic carbocycles. The zero-order chi connectivity index (χ0) is 16.1. The zero-order valence-corrected chi connectivity index (χ0v) is 13.7. The van der Waals surface area contributed by atoms with Crippen molar-refractivity contribution in [2.45, 2.75) is 19.3 Å². The second kappa shape index (κ2) is 7.71. The third-order valence-corrected chi connectivity index (χ3v) is 4.64. The van der Waals surface area contributed by atoms with Crippen LogP contribution in [-0.2, 0) is 4.74 Å². The fourth-order valence-corrected chi connectivity index (χ4v) is 3.01. The lowest BCUT2D eigenvalue weighted by Crippen LogP contribution is -2.37. The van der Waals surface area contributed by atoms with Crippen LogP contribution >= 0.6 is 0 Å². The number of halogens is 1. The molecule has 1 fully saturated rings. The minimum Gasteiger partial charge on any atom is -0.379 e. The Morgan fingerprint density at radius 1 is 0.957 bits per heavy atom. The molecule has 1 saturated heterocycles. The molecule has 1 aliphatic rings. The molecule has 0 radical (unpaired) electrons. The van der Waals surface area contributed by atoms with Crippen LogP contribution in [0.1, 0.15) is 24.8 Å². The van der Waals surface area contributed by atoms with Crippen LogP contribution in [0.3, 0.4) is 0 Å². The molecular formula is C20H24FNO. The molecule has 1 unspecified atom stereocenters. The molecule has 0 amide bonds. The predicted octanol–water partition coefficient (Wildman–Crippen LogP) is 4.32. The maximum absolute atomic E-state index is 13.0. The van der Waals surface area contributed by atoms with Gasteiger partial charge >= 0.3 is 0 Å². The Balaban J connectivity index is 1.58. The molecule has 0 bridgehead atoms. The standard InChI is InChI=1S/C20H24FNO/c1-16(10-11-22-12-14-23-15-13-22)17-2-4-18(5-3-17)19-6-8-20(21)9-7-19/h2-9,16H,10-15H2,1H3. The van der Waals surface area contributed by atoms with E-state index < -0.39 is 0 Å². The highest BCUT2D eigenvalue weighted by molar-refractivity contribution is 5.63. The van der Waals surface area contributed by atoms with Crippen LogP contribution in [0.4, 0.5) is 4.39 Å². The fraction of sp³-hybridized carbons (Fsp3) is 0.400. The van der Waals surface area contributed by atoms with E-state index in [4.69, 9.17) is 4.74 Å². The summed E-state index contributed by atoms with van der Waals surface area (Å²) in [5.74, 6) is 0.349. The quantitative estimate of drug-likeness (QED) is 0.815. The van der Waals surface area contributed by atoms with E-state index in [1.165, 1.54) is 17.7 Å². The van der Waals surface area contributed by atoms with Crippen LogP contribution in [0.15, 0.2) is 48.5 Å². The minimum atomic E-state index is -0.192. The van der Waals surface area contributed by atoms with Crippen molar-refractivity contribution in [2.24, 2.45) is 0 Å². The summed E-state index contributed by atoms with van der Waals surface area (Å²) in [6.45, 7) is 7.24. The molecule has 0 aromatic heterocycles. The summed E-state index contributed by atoms with van der Waals surface area (Å²) in [7, 11) is 0. The number of hydrogen-bond acceptors (Lipinski definition) is 2. The van der Waals surface area contributed by atoms with Gasteiger partial charge in [0, 0.05) is 13.1 Å². The molecule has 0 saturated carbocycles. The van der Waals surface area contributed by atoms with Gasteiger partial charge in [-0.25, -0.2) is 4.39 Å². The average molecular weight is 313 g/mol. The third-order valence-electron chi connectivity index (χ3n) is 4.64. The summed E-state index contributed by atoms with van der Waals surface area (Å²) in [6, 6.07) is 15.3. The number of benzene rings is 2. The molecule has 0 aliphatic carbocycles. The summed E-state index contributed by atoms with van der Waals surface area (Å²) in [4.78, 5) is 2.48. The SMILES string of the molecule is CC(CCN1CCOCC1)c1ccc(-c2ccc(F)cc2)cc1. The zero-order valence-electron chi connectivity index (χ0n) is 13.7. The summed E-state index contributed by atoms with van der Waals surface area (Å²) < 4.78 is 18.4. The van der Waals surface area contributed by atoms with Crippen LogP contribution in [0.5, 0.6) is 0 Å². The van der Waals surface area contributed by atoms with E-state index in [1.54, 1.807) is 0 Å². The lowest BCUT2D eigenvalue weighted by Gasteiger charge is -2.27. The molecule has 122 valence electrons. The van der Waals surface area contributed by atoms with Crippen LogP contribution in [0.2, 0.25) is 0 Å². The van der Waals surface area contributed by atoms with Crippen molar-refractivity contribution >= 4 is 0 Å². The topological polar surface area (TPSA) is 12.5 Å². The van der Waals surface area contributed by atoms with Gasteiger partial charge in [0.2, 0.25) is 0 Å². The van der Waals surface area contributed by atoms with Crippen LogP contribution < -0.4 is 0 Å². The van der Waals surface area contributed by atoms with Gasteiger partial charge in [0.15, 0.2) is 0 Å². The van der Waals surface area contributed by atoms with E-state index in [9.17, 15) is 4.39 Å². The third kappa shape index (κ3) is 4.40. The Bertz CT molecular complexity index is 603. The summed E-state index contributed by atoms with van der Waals surface area (Å²) >= 11 is 0. The molecule has 3 heteroatoms. The van der Waals surface area contributed by atoms with E-state index in [1.807, 2.05) is 12.1 Å². The van der Waals surface area contributed by atoms with Gasteiger partial charge < -0.3 is 4.74 Å². The maximum Gasteiger partial charge on any atom is 0.123 e. The highest BCUT2D eigenvalue weighted by Gasteiger charge is 2.12. The van der Waals surface area contributed by atoms with Crippen molar-refractivity contribution in [2.75, 3.05) is 32.8 Å². The number of morpholine rings is 1. The van der Waals surface area contributed by atoms with Gasteiger partial charge in [-0.2, -0.15) is 0 Å². The van der Waals surface area contributed by atoms with Gasteiger partial charge in [0.05, 0.1) is 13.2 Å². The van der Waals surface area contributed by atoms with Gasteiger partial charge in [0.1, 0.15) is 5.82 Å². The highest BCUT2D eigenvalue weighted by Crippen LogP contribution is 2.25. The van der Waals surface area contributed by atoms with Gasteiger partial charge in [0.25, 0.3) is 0 Å². The molecule has 3 rings (SSSR count). The first kappa shape index (κ1) is 16.2. The maximum atomic E-state index is 13.0. The Labute approximate surface area is 137 Å². The van der Waals surface area contributed by atoms with Crippen molar-refractivity contribution in [3.05, 3.63) is 59.9 Å². The minimum absolute atomic E-state index is 0.192. The van der Waals surface area contributed by atoms with Crippen LogP contribution in [-0.4, -0.2) is 37.7 Å². The normalized spacial score (nSPS) is 17.1. The van der Waals surface area contributed by atoms with Crippen LogP contribution in [0, 0.1) is 5.82 Å².